The predicted octanol–water partition coefficient (Wildman–Crippen LogP) is 4.35. The Morgan fingerprint density at radius 1 is 1.26 bits per heavy atom. The maximum atomic E-state index is 13.6. The molecule has 27 heavy (non-hydrogen) atoms. The Labute approximate surface area is 155 Å². The highest BCUT2D eigenvalue weighted by Crippen LogP contribution is 2.44. The van der Waals surface area contributed by atoms with Crippen molar-refractivity contribution in [2.24, 2.45) is 0 Å². The molecule has 7 heteroatoms. The molecule has 0 bridgehead atoms. The van der Waals surface area contributed by atoms with E-state index in [9.17, 15) is 18.0 Å². The highest BCUT2D eigenvalue weighted by molar-refractivity contribution is 5.97. The summed E-state index contributed by atoms with van der Waals surface area (Å²) in [6.07, 6.45) is -0.908. The zero-order valence-corrected chi connectivity index (χ0v) is 15.0. The fraction of sp³-hybridized carbons (Fsp3) is 0.500. The van der Waals surface area contributed by atoms with Gasteiger partial charge in [-0.05, 0) is 67.9 Å². The van der Waals surface area contributed by atoms with Gasteiger partial charge in [-0.1, -0.05) is 0 Å². The van der Waals surface area contributed by atoms with Crippen molar-refractivity contribution in [3.8, 4) is 0 Å². The Balaban J connectivity index is 1.70. The molecule has 1 aromatic heterocycles. The number of carbonyl (C=O) groups is 1. The Hall–Kier alpha value is -2.15. The van der Waals surface area contributed by atoms with E-state index in [1.165, 1.54) is 6.07 Å². The number of amides is 1. The first kappa shape index (κ1) is 18.2. The second-order valence-electron chi connectivity index (χ2n) is 7.41. The summed E-state index contributed by atoms with van der Waals surface area (Å²) in [6, 6.07) is 4.54. The van der Waals surface area contributed by atoms with Gasteiger partial charge in [-0.2, -0.15) is 13.2 Å². The number of alkyl halides is 3. The highest BCUT2D eigenvalue weighted by atomic mass is 19.4. The van der Waals surface area contributed by atoms with Gasteiger partial charge < -0.3 is 10.1 Å². The van der Waals surface area contributed by atoms with E-state index in [-0.39, 0.29) is 23.2 Å². The highest BCUT2D eigenvalue weighted by Gasteiger charge is 2.36. The van der Waals surface area contributed by atoms with E-state index in [1.807, 2.05) is 0 Å². The second-order valence-corrected chi connectivity index (χ2v) is 7.41. The summed E-state index contributed by atoms with van der Waals surface area (Å²) in [6.45, 7) is 2.73. The number of hydrogen-bond donors (Lipinski definition) is 1. The molecule has 1 amide bonds. The van der Waals surface area contributed by atoms with Crippen LogP contribution in [0.25, 0.3) is 10.9 Å². The summed E-state index contributed by atoms with van der Waals surface area (Å²) in [5.41, 5.74) is 0.404. The molecule has 2 heterocycles. The summed E-state index contributed by atoms with van der Waals surface area (Å²) in [5.74, 6) is -0.279. The Morgan fingerprint density at radius 2 is 2.04 bits per heavy atom. The average molecular weight is 378 g/mol. The smallest absolute Gasteiger partial charge is 0.376 e. The molecule has 1 atom stereocenters. The van der Waals surface area contributed by atoms with Crippen molar-refractivity contribution in [1.29, 1.82) is 0 Å². The number of rotatable bonds is 4. The SMILES string of the molecule is Cc1cc(C(=O)NCC2CCCO2)nc2c(C(F)(F)F)cc(C3CC3)cc12. The number of hydrogen-bond acceptors (Lipinski definition) is 3. The third kappa shape index (κ3) is 3.78. The minimum atomic E-state index is -4.52. The van der Waals surface area contributed by atoms with Crippen LogP contribution in [0.4, 0.5) is 13.2 Å². The minimum Gasteiger partial charge on any atom is -0.376 e. The third-order valence-electron chi connectivity index (χ3n) is 5.24. The average Bonchev–Trinajstić information content (AvgIpc) is 3.34. The van der Waals surface area contributed by atoms with Gasteiger partial charge in [0.1, 0.15) is 5.69 Å². The summed E-state index contributed by atoms with van der Waals surface area (Å²) < 4.78 is 46.4. The van der Waals surface area contributed by atoms with Crippen molar-refractivity contribution >= 4 is 16.8 Å². The van der Waals surface area contributed by atoms with Gasteiger partial charge in [-0.25, -0.2) is 4.98 Å². The van der Waals surface area contributed by atoms with E-state index in [0.29, 0.717) is 29.7 Å². The first-order chi connectivity index (χ1) is 12.8. The van der Waals surface area contributed by atoms with Crippen LogP contribution in [-0.2, 0) is 10.9 Å². The number of halogens is 3. The molecular formula is C20H21F3N2O2. The van der Waals surface area contributed by atoms with Gasteiger partial charge in [0.2, 0.25) is 0 Å². The summed E-state index contributed by atoms with van der Waals surface area (Å²) in [5, 5.41) is 3.18. The van der Waals surface area contributed by atoms with Crippen LogP contribution in [0.2, 0.25) is 0 Å². The monoisotopic (exact) mass is 378 g/mol. The molecule has 1 saturated carbocycles. The molecule has 4 rings (SSSR count). The minimum absolute atomic E-state index is 0.00247. The van der Waals surface area contributed by atoms with Crippen LogP contribution in [0, 0.1) is 6.92 Å². The molecule has 1 aromatic carbocycles. The van der Waals surface area contributed by atoms with Crippen molar-refractivity contribution in [2.45, 2.75) is 50.8 Å². The molecule has 1 unspecified atom stereocenters. The van der Waals surface area contributed by atoms with Crippen LogP contribution < -0.4 is 5.32 Å². The molecule has 2 aromatic rings. The topological polar surface area (TPSA) is 51.2 Å². The molecule has 0 spiro atoms. The van der Waals surface area contributed by atoms with Gasteiger partial charge in [0.25, 0.3) is 5.91 Å². The summed E-state index contributed by atoms with van der Waals surface area (Å²) in [7, 11) is 0. The standard InChI is InChI=1S/C20H21F3N2O2/c1-11-7-17(19(26)24-10-14-3-2-6-27-14)25-18-15(11)8-13(12-4-5-12)9-16(18)20(21,22)23/h7-9,12,14H,2-6,10H2,1H3,(H,24,26). The van der Waals surface area contributed by atoms with Crippen molar-refractivity contribution in [1.82, 2.24) is 10.3 Å². The number of ether oxygens (including phenoxy) is 1. The van der Waals surface area contributed by atoms with Gasteiger partial charge in [-0.3, -0.25) is 4.79 Å². The zero-order chi connectivity index (χ0) is 19.2. The Bertz CT molecular complexity index is 885. The molecule has 0 radical (unpaired) electrons. The molecule has 4 nitrogen and oxygen atoms in total. The summed E-state index contributed by atoms with van der Waals surface area (Å²) >= 11 is 0. The van der Waals surface area contributed by atoms with E-state index >= 15 is 0 Å². The van der Waals surface area contributed by atoms with Crippen LogP contribution in [-0.4, -0.2) is 30.1 Å². The first-order valence-electron chi connectivity index (χ1n) is 9.25. The van der Waals surface area contributed by atoms with Crippen molar-refractivity contribution < 1.29 is 22.7 Å². The van der Waals surface area contributed by atoms with E-state index in [4.69, 9.17) is 4.74 Å². The molecule has 1 aliphatic carbocycles. The van der Waals surface area contributed by atoms with Gasteiger partial charge in [-0.15, -0.1) is 0 Å². The summed E-state index contributed by atoms with van der Waals surface area (Å²) in [4.78, 5) is 16.5. The maximum Gasteiger partial charge on any atom is 0.418 e. The van der Waals surface area contributed by atoms with E-state index < -0.39 is 17.6 Å². The number of nitrogens with one attached hydrogen (secondary N) is 1. The van der Waals surface area contributed by atoms with Gasteiger partial charge >= 0.3 is 6.18 Å². The Morgan fingerprint density at radius 3 is 2.67 bits per heavy atom. The van der Waals surface area contributed by atoms with E-state index in [1.54, 1.807) is 19.1 Å². The van der Waals surface area contributed by atoms with Gasteiger partial charge in [0.15, 0.2) is 0 Å². The van der Waals surface area contributed by atoms with Crippen molar-refractivity contribution in [3.63, 3.8) is 0 Å². The fourth-order valence-corrected chi connectivity index (χ4v) is 3.60. The predicted molar refractivity (Wildman–Crippen MR) is 94.8 cm³/mol. The molecule has 1 N–H and O–H groups in total. The number of benzene rings is 1. The molecular weight excluding hydrogens is 357 g/mol. The van der Waals surface area contributed by atoms with Crippen LogP contribution in [0.5, 0.6) is 0 Å². The lowest BCUT2D eigenvalue weighted by molar-refractivity contribution is -0.136. The van der Waals surface area contributed by atoms with Gasteiger partial charge in [0, 0.05) is 18.5 Å². The van der Waals surface area contributed by atoms with Crippen LogP contribution in [0.3, 0.4) is 0 Å². The van der Waals surface area contributed by atoms with Crippen LogP contribution in [0.15, 0.2) is 18.2 Å². The zero-order valence-electron chi connectivity index (χ0n) is 15.0. The molecule has 2 fully saturated rings. The molecule has 144 valence electrons. The molecule has 1 aliphatic heterocycles. The first-order valence-corrected chi connectivity index (χ1v) is 9.25. The molecule has 1 saturated heterocycles. The number of fused-ring (bicyclic) bond motifs is 1. The van der Waals surface area contributed by atoms with E-state index in [2.05, 4.69) is 10.3 Å². The maximum absolute atomic E-state index is 13.6. The van der Waals surface area contributed by atoms with E-state index in [0.717, 1.165) is 25.7 Å². The lowest BCUT2D eigenvalue weighted by Crippen LogP contribution is -2.32. The normalized spacial score (nSPS) is 20.2. The lowest BCUT2D eigenvalue weighted by Gasteiger charge is -2.15. The van der Waals surface area contributed by atoms with Gasteiger partial charge in [0.05, 0.1) is 17.2 Å². The second kappa shape index (κ2) is 6.78. The third-order valence-corrected chi connectivity index (χ3v) is 5.24. The molecule has 2 aliphatic rings. The Kier molecular flexibility index (Phi) is 4.58. The number of aryl methyl sites for hydroxylation is 1. The van der Waals surface area contributed by atoms with Crippen molar-refractivity contribution in [2.75, 3.05) is 13.2 Å². The largest absolute Gasteiger partial charge is 0.418 e. The van der Waals surface area contributed by atoms with Crippen LogP contribution >= 0.6 is 0 Å². The number of nitrogens with zero attached hydrogens (tertiary/aromatic N) is 1. The fourth-order valence-electron chi connectivity index (χ4n) is 3.60. The number of pyridine rings is 1. The number of aromatic nitrogens is 1. The van der Waals surface area contributed by atoms with Crippen LogP contribution in [0.1, 0.15) is 58.8 Å². The number of carbonyl (C=O) groups excluding carboxylic acids is 1. The van der Waals surface area contributed by atoms with Crippen molar-refractivity contribution in [3.05, 3.63) is 40.6 Å². The quantitative estimate of drug-likeness (QED) is 0.861. The lowest BCUT2D eigenvalue weighted by atomic mass is 9.98.